The van der Waals surface area contributed by atoms with Crippen molar-refractivity contribution in [1.82, 2.24) is 9.21 Å². The molecule has 2 aromatic rings. The molecular weight excluding hydrogens is 500 g/mol. The van der Waals surface area contributed by atoms with Crippen molar-refractivity contribution in [2.45, 2.75) is 62.3 Å². The van der Waals surface area contributed by atoms with E-state index in [1.54, 1.807) is 24.3 Å². The fourth-order valence-corrected chi connectivity index (χ4v) is 6.99. The van der Waals surface area contributed by atoms with Crippen LogP contribution in [0, 0.1) is 5.92 Å². The molecule has 0 unspecified atom stereocenters. The highest BCUT2D eigenvalue weighted by Crippen LogP contribution is 2.29. The van der Waals surface area contributed by atoms with E-state index in [-0.39, 0.29) is 23.4 Å². The number of rotatable bonds is 7. The van der Waals surface area contributed by atoms with Crippen molar-refractivity contribution < 1.29 is 13.2 Å². The maximum absolute atomic E-state index is 13.6. The highest BCUT2D eigenvalue weighted by molar-refractivity contribution is 9.10. The monoisotopic (exact) mass is 532 g/mol. The van der Waals surface area contributed by atoms with Crippen LogP contribution in [0.3, 0.4) is 0 Å². The van der Waals surface area contributed by atoms with Crippen molar-refractivity contribution in [1.29, 1.82) is 0 Å². The lowest BCUT2D eigenvalue weighted by atomic mass is 9.90. The molecule has 2 aliphatic rings. The predicted octanol–water partition coefficient (Wildman–Crippen LogP) is 5.25. The number of hydrogen-bond donors (Lipinski definition) is 0. The van der Waals surface area contributed by atoms with Crippen molar-refractivity contribution >= 4 is 31.9 Å². The molecule has 33 heavy (non-hydrogen) atoms. The standard InChI is InChI=1S/C26H33BrN2O3S/c27-23-11-13-25(14-12-23)33(31,32)29(24-9-5-2-6-10-24)20-26(30)28-17-15-22(16-18-28)19-21-7-3-1-4-8-21/h1,3-4,7-8,11-14,22,24H,2,5-6,9-10,15-20H2. The van der Waals surface area contributed by atoms with Crippen molar-refractivity contribution in [2.24, 2.45) is 5.92 Å². The van der Waals surface area contributed by atoms with E-state index < -0.39 is 10.0 Å². The smallest absolute Gasteiger partial charge is 0.243 e. The van der Waals surface area contributed by atoms with Crippen LogP contribution in [-0.2, 0) is 21.2 Å². The van der Waals surface area contributed by atoms with Gasteiger partial charge in [-0.25, -0.2) is 8.42 Å². The molecule has 1 aliphatic heterocycles. The third-order valence-corrected chi connectivity index (χ3v) is 9.47. The molecule has 0 bridgehead atoms. The third kappa shape index (κ3) is 6.25. The molecule has 0 N–H and O–H groups in total. The van der Waals surface area contributed by atoms with Gasteiger partial charge in [-0.05, 0) is 67.9 Å². The van der Waals surface area contributed by atoms with Gasteiger partial charge in [-0.1, -0.05) is 65.5 Å². The molecule has 1 heterocycles. The van der Waals surface area contributed by atoms with Crippen molar-refractivity contribution in [3.8, 4) is 0 Å². The summed E-state index contributed by atoms with van der Waals surface area (Å²) in [6, 6.07) is 17.1. The maximum atomic E-state index is 13.6. The Bertz CT molecular complexity index is 1010. The lowest BCUT2D eigenvalue weighted by molar-refractivity contribution is -0.133. The predicted molar refractivity (Wildman–Crippen MR) is 134 cm³/mol. The maximum Gasteiger partial charge on any atom is 0.243 e. The first-order valence-electron chi connectivity index (χ1n) is 12.0. The largest absolute Gasteiger partial charge is 0.342 e. The summed E-state index contributed by atoms with van der Waals surface area (Å²) in [6.45, 7) is 1.34. The second kappa shape index (κ2) is 11.2. The number of nitrogens with zero attached hydrogens (tertiary/aromatic N) is 2. The molecule has 0 spiro atoms. The van der Waals surface area contributed by atoms with E-state index in [4.69, 9.17) is 0 Å². The summed E-state index contributed by atoms with van der Waals surface area (Å²) in [5.41, 5.74) is 1.34. The second-order valence-electron chi connectivity index (χ2n) is 9.31. The number of carbonyl (C=O) groups excluding carboxylic acids is 1. The second-order valence-corrected chi connectivity index (χ2v) is 12.1. The molecule has 0 atom stereocenters. The summed E-state index contributed by atoms with van der Waals surface area (Å²) in [5, 5.41) is 0. The molecule has 7 heteroatoms. The number of halogens is 1. The van der Waals surface area contributed by atoms with Gasteiger partial charge < -0.3 is 4.90 Å². The summed E-state index contributed by atoms with van der Waals surface area (Å²) >= 11 is 3.37. The Balaban J connectivity index is 1.43. The number of benzene rings is 2. The first-order valence-corrected chi connectivity index (χ1v) is 14.3. The van der Waals surface area contributed by atoms with E-state index in [9.17, 15) is 13.2 Å². The molecule has 1 amide bonds. The number of piperidine rings is 1. The molecule has 4 rings (SSSR count). The van der Waals surface area contributed by atoms with Gasteiger partial charge in [0.15, 0.2) is 0 Å². The van der Waals surface area contributed by atoms with Crippen LogP contribution in [0.2, 0.25) is 0 Å². The number of likely N-dealkylation sites (tertiary alicyclic amines) is 1. The fourth-order valence-electron chi connectivity index (χ4n) is 5.09. The topological polar surface area (TPSA) is 57.7 Å². The summed E-state index contributed by atoms with van der Waals surface area (Å²) in [4.78, 5) is 15.4. The van der Waals surface area contributed by atoms with Gasteiger partial charge in [0.2, 0.25) is 15.9 Å². The number of amides is 1. The molecule has 0 radical (unpaired) electrons. The Labute approximate surface area is 206 Å². The SMILES string of the molecule is O=C(CN(C1CCCCC1)S(=O)(=O)c1ccc(Br)cc1)N1CCC(Cc2ccccc2)CC1. The first kappa shape index (κ1) is 24.4. The molecule has 2 fully saturated rings. The van der Waals surface area contributed by atoms with Gasteiger partial charge in [0.1, 0.15) is 0 Å². The van der Waals surface area contributed by atoms with Crippen LogP contribution >= 0.6 is 15.9 Å². The van der Waals surface area contributed by atoms with Gasteiger partial charge in [0, 0.05) is 23.6 Å². The van der Waals surface area contributed by atoms with Crippen LogP contribution in [0.5, 0.6) is 0 Å². The first-order chi connectivity index (χ1) is 15.9. The lowest BCUT2D eigenvalue weighted by Crippen LogP contribution is -2.49. The number of sulfonamides is 1. The van der Waals surface area contributed by atoms with Crippen LogP contribution in [-0.4, -0.2) is 49.2 Å². The summed E-state index contributed by atoms with van der Waals surface area (Å²) < 4.78 is 29.4. The molecule has 178 valence electrons. The van der Waals surface area contributed by atoms with E-state index in [0.717, 1.165) is 55.8 Å². The molecular formula is C26H33BrN2O3S. The average Bonchev–Trinajstić information content (AvgIpc) is 2.84. The fraction of sp³-hybridized carbons (Fsp3) is 0.500. The van der Waals surface area contributed by atoms with Gasteiger partial charge >= 0.3 is 0 Å². The van der Waals surface area contributed by atoms with Crippen LogP contribution in [0.4, 0.5) is 0 Å². The average molecular weight is 534 g/mol. The van der Waals surface area contributed by atoms with Crippen molar-refractivity contribution in [3.63, 3.8) is 0 Å². The zero-order chi connectivity index (χ0) is 23.3. The van der Waals surface area contributed by atoms with Crippen molar-refractivity contribution in [3.05, 3.63) is 64.6 Å². The summed E-state index contributed by atoms with van der Waals surface area (Å²) in [5.74, 6) is 0.497. The van der Waals surface area contributed by atoms with E-state index >= 15 is 0 Å². The molecule has 5 nitrogen and oxygen atoms in total. The van der Waals surface area contributed by atoms with E-state index in [2.05, 4.69) is 40.2 Å². The van der Waals surface area contributed by atoms with Gasteiger partial charge in [0.05, 0.1) is 11.4 Å². The van der Waals surface area contributed by atoms with Gasteiger partial charge in [-0.2, -0.15) is 4.31 Å². The van der Waals surface area contributed by atoms with Gasteiger partial charge in [-0.15, -0.1) is 0 Å². The van der Waals surface area contributed by atoms with Gasteiger partial charge in [-0.3, -0.25) is 4.79 Å². The van der Waals surface area contributed by atoms with Crippen LogP contribution in [0.25, 0.3) is 0 Å². The highest BCUT2D eigenvalue weighted by Gasteiger charge is 2.35. The summed E-state index contributed by atoms with van der Waals surface area (Å²) in [7, 11) is -3.74. The Morgan fingerprint density at radius 2 is 1.55 bits per heavy atom. The Hall–Kier alpha value is -1.70. The quantitative estimate of drug-likeness (QED) is 0.489. The Morgan fingerprint density at radius 3 is 2.18 bits per heavy atom. The normalized spacial score (nSPS) is 18.5. The highest BCUT2D eigenvalue weighted by atomic mass is 79.9. The van der Waals surface area contributed by atoms with Gasteiger partial charge in [0.25, 0.3) is 0 Å². The summed E-state index contributed by atoms with van der Waals surface area (Å²) in [6.07, 6.45) is 7.75. The van der Waals surface area contributed by atoms with E-state index in [1.165, 1.54) is 9.87 Å². The van der Waals surface area contributed by atoms with E-state index in [1.807, 2.05) is 11.0 Å². The Morgan fingerprint density at radius 1 is 0.909 bits per heavy atom. The lowest BCUT2D eigenvalue weighted by Gasteiger charge is -2.36. The molecule has 1 aliphatic carbocycles. The molecule has 2 aromatic carbocycles. The van der Waals surface area contributed by atoms with Crippen molar-refractivity contribution in [2.75, 3.05) is 19.6 Å². The minimum Gasteiger partial charge on any atom is -0.342 e. The number of hydrogen-bond acceptors (Lipinski definition) is 3. The van der Waals surface area contributed by atoms with Crippen LogP contribution in [0.15, 0.2) is 64.0 Å². The van der Waals surface area contributed by atoms with Crippen LogP contribution < -0.4 is 0 Å². The zero-order valence-electron chi connectivity index (χ0n) is 19.0. The molecule has 0 aromatic heterocycles. The minimum atomic E-state index is -3.74. The minimum absolute atomic E-state index is 0.0631. The van der Waals surface area contributed by atoms with Crippen LogP contribution in [0.1, 0.15) is 50.5 Å². The van der Waals surface area contributed by atoms with E-state index in [0.29, 0.717) is 19.0 Å². The Kier molecular flexibility index (Phi) is 8.25. The molecule has 1 saturated heterocycles. The molecule has 1 saturated carbocycles. The number of carbonyl (C=O) groups is 1. The zero-order valence-corrected chi connectivity index (χ0v) is 21.4. The third-order valence-electron chi connectivity index (χ3n) is 7.03.